The Morgan fingerprint density at radius 1 is 1.61 bits per heavy atom. The molecular formula is C15H17NO2. The summed E-state index contributed by atoms with van der Waals surface area (Å²) < 4.78 is 5.49. The van der Waals surface area contributed by atoms with Crippen LogP contribution in [0.25, 0.3) is 0 Å². The predicted octanol–water partition coefficient (Wildman–Crippen LogP) is 2.08. The van der Waals surface area contributed by atoms with Crippen LogP contribution in [0.15, 0.2) is 24.3 Å². The molecule has 18 heavy (non-hydrogen) atoms. The van der Waals surface area contributed by atoms with E-state index in [0.717, 1.165) is 24.2 Å². The van der Waals surface area contributed by atoms with Crippen LogP contribution in [0.1, 0.15) is 31.2 Å². The summed E-state index contributed by atoms with van der Waals surface area (Å²) in [4.78, 5) is 12.2. The van der Waals surface area contributed by atoms with E-state index >= 15 is 0 Å². The Kier molecular flexibility index (Phi) is 3.88. The number of nitrogens with one attached hydrogen (secondary N) is 1. The van der Waals surface area contributed by atoms with Gasteiger partial charge in [0, 0.05) is 5.56 Å². The lowest BCUT2D eigenvalue weighted by Crippen LogP contribution is -2.37. The number of amides is 1. The third-order valence-corrected chi connectivity index (χ3v) is 3.11. The van der Waals surface area contributed by atoms with E-state index in [2.05, 4.69) is 11.2 Å². The fourth-order valence-electron chi connectivity index (χ4n) is 2.14. The van der Waals surface area contributed by atoms with Crippen molar-refractivity contribution in [1.82, 2.24) is 5.32 Å². The van der Waals surface area contributed by atoms with Gasteiger partial charge in [0.2, 0.25) is 5.91 Å². The van der Waals surface area contributed by atoms with Gasteiger partial charge in [0.1, 0.15) is 18.3 Å². The predicted molar refractivity (Wildman–Crippen MR) is 70.3 cm³/mol. The van der Waals surface area contributed by atoms with Gasteiger partial charge >= 0.3 is 0 Å². The second-order valence-corrected chi connectivity index (χ2v) is 4.42. The van der Waals surface area contributed by atoms with Crippen molar-refractivity contribution in [2.75, 3.05) is 6.61 Å². The summed E-state index contributed by atoms with van der Waals surface area (Å²) in [5.41, 5.74) is 0.947. The Balaban J connectivity index is 2.06. The Hall–Kier alpha value is -1.95. The van der Waals surface area contributed by atoms with Crippen LogP contribution in [0.3, 0.4) is 0 Å². The minimum absolute atomic E-state index is 0.0450. The van der Waals surface area contributed by atoms with E-state index in [-0.39, 0.29) is 17.9 Å². The molecule has 2 unspecified atom stereocenters. The molecule has 0 aliphatic carbocycles. The van der Waals surface area contributed by atoms with Gasteiger partial charge in [-0.3, -0.25) is 4.79 Å². The molecule has 0 bridgehead atoms. The van der Waals surface area contributed by atoms with Gasteiger partial charge in [0.15, 0.2) is 0 Å². The largest absolute Gasteiger partial charge is 0.492 e. The van der Waals surface area contributed by atoms with Crippen molar-refractivity contribution in [3.05, 3.63) is 29.8 Å². The van der Waals surface area contributed by atoms with Crippen LogP contribution in [-0.4, -0.2) is 18.6 Å². The summed E-state index contributed by atoms with van der Waals surface area (Å²) in [6, 6.07) is 7.44. The Morgan fingerprint density at radius 3 is 3.11 bits per heavy atom. The van der Waals surface area contributed by atoms with Gasteiger partial charge in [0.05, 0.1) is 6.04 Å². The Labute approximate surface area is 108 Å². The molecular weight excluding hydrogens is 226 g/mol. The van der Waals surface area contributed by atoms with Crippen LogP contribution < -0.4 is 10.1 Å². The number of hydrogen-bond acceptors (Lipinski definition) is 2. The number of carbonyl (C=O) groups excluding carboxylic acids is 1. The second-order valence-electron chi connectivity index (χ2n) is 4.42. The quantitative estimate of drug-likeness (QED) is 0.822. The molecule has 3 heteroatoms. The molecule has 1 aliphatic heterocycles. The van der Waals surface area contributed by atoms with Gasteiger partial charge in [-0.1, -0.05) is 37.5 Å². The molecule has 1 heterocycles. The lowest BCUT2D eigenvalue weighted by Gasteiger charge is -2.15. The van der Waals surface area contributed by atoms with E-state index in [1.54, 1.807) is 0 Å². The lowest BCUT2D eigenvalue weighted by atomic mass is 10.00. The highest BCUT2D eigenvalue weighted by atomic mass is 16.5. The van der Waals surface area contributed by atoms with E-state index in [1.807, 2.05) is 31.2 Å². The number of rotatable bonds is 4. The molecule has 2 atom stereocenters. The molecule has 1 amide bonds. The van der Waals surface area contributed by atoms with Crippen LogP contribution in [0, 0.1) is 12.3 Å². The molecule has 3 nitrogen and oxygen atoms in total. The smallest absolute Gasteiger partial charge is 0.232 e. The normalized spacial score (nSPS) is 18.3. The first-order chi connectivity index (χ1) is 8.76. The first-order valence-electron chi connectivity index (χ1n) is 6.24. The minimum Gasteiger partial charge on any atom is -0.492 e. The number of fused-ring (bicyclic) bond motifs is 1. The summed E-state index contributed by atoms with van der Waals surface area (Å²) in [6.45, 7) is 2.44. The van der Waals surface area contributed by atoms with E-state index in [9.17, 15) is 4.79 Å². The molecule has 1 aliphatic rings. The van der Waals surface area contributed by atoms with Crippen molar-refractivity contribution in [2.24, 2.45) is 0 Å². The summed E-state index contributed by atoms with van der Waals surface area (Å²) in [5.74, 6) is 3.12. The molecule has 1 N–H and O–H groups in total. The number of hydrogen-bond donors (Lipinski definition) is 1. The van der Waals surface area contributed by atoms with Crippen molar-refractivity contribution < 1.29 is 9.53 Å². The third kappa shape index (κ3) is 2.48. The van der Waals surface area contributed by atoms with Crippen molar-refractivity contribution in [1.29, 1.82) is 0 Å². The zero-order chi connectivity index (χ0) is 13.0. The van der Waals surface area contributed by atoms with Gasteiger partial charge in [0.25, 0.3) is 0 Å². The van der Waals surface area contributed by atoms with Crippen LogP contribution in [0.4, 0.5) is 0 Å². The lowest BCUT2D eigenvalue weighted by molar-refractivity contribution is -0.123. The first-order valence-corrected chi connectivity index (χ1v) is 6.24. The van der Waals surface area contributed by atoms with Gasteiger partial charge in [-0.15, -0.1) is 6.42 Å². The maximum Gasteiger partial charge on any atom is 0.232 e. The Morgan fingerprint density at radius 2 is 2.39 bits per heavy atom. The standard InChI is InChI=1S/C15H17NO2/c1-3-7-11(4-2)16-15(17)13-10-18-14-9-6-5-8-12(13)14/h2,5-6,8-9,11,13H,3,7,10H2,1H3,(H,16,17). The van der Waals surface area contributed by atoms with Crippen molar-refractivity contribution >= 4 is 5.91 Å². The summed E-state index contributed by atoms with van der Waals surface area (Å²) >= 11 is 0. The zero-order valence-corrected chi connectivity index (χ0v) is 10.5. The van der Waals surface area contributed by atoms with Crippen LogP contribution in [0.2, 0.25) is 0 Å². The molecule has 1 aromatic rings. The van der Waals surface area contributed by atoms with E-state index in [1.165, 1.54) is 0 Å². The van der Waals surface area contributed by atoms with Crippen molar-refractivity contribution in [3.8, 4) is 18.1 Å². The topological polar surface area (TPSA) is 38.3 Å². The number of ether oxygens (including phenoxy) is 1. The second kappa shape index (κ2) is 5.59. The molecule has 0 saturated carbocycles. The van der Waals surface area contributed by atoms with E-state index in [0.29, 0.717) is 6.61 Å². The van der Waals surface area contributed by atoms with Gasteiger partial charge in [-0.05, 0) is 12.5 Å². The summed E-state index contributed by atoms with van der Waals surface area (Å²) in [7, 11) is 0. The third-order valence-electron chi connectivity index (χ3n) is 3.11. The zero-order valence-electron chi connectivity index (χ0n) is 10.5. The number of para-hydroxylation sites is 1. The molecule has 94 valence electrons. The highest BCUT2D eigenvalue weighted by Crippen LogP contribution is 2.33. The highest BCUT2D eigenvalue weighted by Gasteiger charge is 2.30. The summed E-state index contributed by atoms with van der Waals surface area (Å²) in [6.07, 6.45) is 7.16. The monoisotopic (exact) mass is 243 g/mol. The van der Waals surface area contributed by atoms with Crippen LogP contribution in [-0.2, 0) is 4.79 Å². The fraction of sp³-hybridized carbons (Fsp3) is 0.400. The average molecular weight is 243 g/mol. The maximum absolute atomic E-state index is 12.2. The highest BCUT2D eigenvalue weighted by molar-refractivity contribution is 5.86. The van der Waals surface area contributed by atoms with E-state index in [4.69, 9.17) is 11.2 Å². The first kappa shape index (κ1) is 12.5. The molecule has 0 aromatic heterocycles. The van der Waals surface area contributed by atoms with Gasteiger partial charge < -0.3 is 10.1 Å². The van der Waals surface area contributed by atoms with Gasteiger partial charge in [-0.25, -0.2) is 0 Å². The van der Waals surface area contributed by atoms with E-state index < -0.39 is 0 Å². The Bertz CT molecular complexity index is 476. The minimum atomic E-state index is -0.242. The summed E-state index contributed by atoms with van der Waals surface area (Å²) in [5, 5.41) is 2.90. The average Bonchev–Trinajstić information content (AvgIpc) is 2.82. The number of benzene rings is 1. The van der Waals surface area contributed by atoms with Gasteiger partial charge in [-0.2, -0.15) is 0 Å². The molecule has 2 rings (SSSR count). The molecule has 1 aromatic carbocycles. The molecule has 0 saturated heterocycles. The van der Waals surface area contributed by atoms with Crippen molar-refractivity contribution in [2.45, 2.75) is 31.7 Å². The number of carbonyl (C=O) groups is 1. The molecule has 0 spiro atoms. The maximum atomic E-state index is 12.2. The fourth-order valence-corrected chi connectivity index (χ4v) is 2.14. The molecule has 0 fully saturated rings. The van der Waals surface area contributed by atoms with Crippen molar-refractivity contribution in [3.63, 3.8) is 0 Å². The number of terminal acetylenes is 1. The van der Waals surface area contributed by atoms with Crippen LogP contribution in [0.5, 0.6) is 5.75 Å². The molecule has 0 radical (unpaired) electrons. The van der Waals surface area contributed by atoms with Crippen LogP contribution >= 0.6 is 0 Å². The SMILES string of the molecule is C#CC(CCC)NC(=O)C1COc2ccccc21.